The number of nitrogens with two attached hydrogens (primary N) is 1. The van der Waals surface area contributed by atoms with Gasteiger partial charge in [-0.2, -0.15) is 0 Å². The highest BCUT2D eigenvalue weighted by molar-refractivity contribution is 5.35. The predicted octanol–water partition coefficient (Wildman–Crippen LogP) is 1.56. The van der Waals surface area contributed by atoms with E-state index in [0.29, 0.717) is 0 Å². The van der Waals surface area contributed by atoms with Crippen LogP contribution in [0.1, 0.15) is 11.7 Å². The highest BCUT2D eigenvalue weighted by Gasteiger charge is 2.11. The summed E-state index contributed by atoms with van der Waals surface area (Å²) in [4.78, 5) is 9.75. The second-order valence-corrected chi connectivity index (χ2v) is 2.56. The van der Waals surface area contributed by atoms with E-state index in [2.05, 4.69) is 0 Å². The molecule has 0 saturated carbocycles. The van der Waals surface area contributed by atoms with Gasteiger partial charge in [-0.1, -0.05) is 12.1 Å². The van der Waals surface area contributed by atoms with Gasteiger partial charge in [0.2, 0.25) is 0 Å². The van der Waals surface area contributed by atoms with Crippen LogP contribution in [-0.2, 0) is 0 Å². The van der Waals surface area contributed by atoms with Gasteiger partial charge in [-0.15, -0.1) is 0 Å². The number of benzene rings is 1. The van der Waals surface area contributed by atoms with Crippen LogP contribution in [0.5, 0.6) is 0 Å². The summed E-state index contributed by atoms with van der Waals surface area (Å²) in [6.07, 6.45) is -1.33. The molecular weight excluding hydrogens is 175 g/mol. The number of rotatable bonds is 3. The lowest BCUT2D eigenvalue weighted by molar-refractivity contribution is -0.385. The first kappa shape index (κ1) is 9.60. The minimum Gasteiger partial charge on any atom is -0.327 e. The zero-order valence-electron chi connectivity index (χ0n) is 6.81. The number of hydrogen-bond acceptors (Lipinski definition) is 3. The van der Waals surface area contributed by atoms with Gasteiger partial charge in [0.05, 0.1) is 4.92 Å². The maximum atomic E-state index is 13.0. The van der Waals surface area contributed by atoms with Crippen LogP contribution in [0.4, 0.5) is 10.1 Å². The largest absolute Gasteiger partial charge is 0.327 e. The average Bonchev–Trinajstić information content (AvgIpc) is 2.17. The van der Waals surface area contributed by atoms with Crippen LogP contribution >= 0.6 is 0 Å². The lowest BCUT2D eigenvalue weighted by Crippen LogP contribution is -2.07. The van der Waals surface area contributed by atoms with Crippen LogP contribution in [0.15, 0.2) is 24.3 Å². The van der Waals surface area contributed by atoms with Gasteiger partial charge in [-0.3, -0.25) is 10.1 Å². The summed E-state index contributed by atoms with van der Waals surface area (Å²) in [5, 5.41) is 10.3. The van der Waals surface area contributed by atoms with Gasteiger partial charge < -0.3 is 5.73 Å². The van der Waals surface area contributed by atoms with Gasteiger partial charge in [0.15, 0.2) is 0 Å². The van der Waals surface area contributed by atoms with Crippen molar-refractivity contribution in [1.29, 1.82) is 0 Å². The smallest absolute Gasteiger partial charge is 0.269 e. The molecule has 0 amide bonds. The molecule has 0 saturated heterocycles. The van der Waals surface area contributed by atoms with Crippen molar-refractivity contribution in [2.24, 2.45) is 5.73 Å². The lowest BCUT2D eigenvalue weighted by atomic mass is 10.1. The number of nitro groups is 1. The van der Waals surface area contributed by atoms with E-state index < -0.39 is 11.1 Å². The van der Waals surface area contributed by atoms with Crippen LogP contribution in [-0.4, -0.2) is 11.5 Å². The summed E-state index contributed by atoms with van der Waals surface area (Å²) < 4.78 is 13.0. The minimum atomic E-state index is -1.33. The molecule has 0 aliphatic carbocycles. The number of hydrogen-bond donors (Lipinski definition) is 1. The fraction of sp³-hybridized carbons (Fsp3) is 0.250. The highest BCUT2D eigenvalue weighted by Crippen LogP contribution is 2.20. The lowest BCUT2D eigenvalue weighted by Gasteiger charge is -2.03. The summed E-state index contributed by atoms with van der Waals surface area (Å²) in [5.74, 6) is 0. The molecule has 0 heterocycles. The summed E-state index contributed by atoms with van der Waals surface area (Å²) >= 11 is 0. The predicted molar refractivity (Wildman–Crippen MR) is 46.0 cm³/mol. The number of nitro benzene ring substituents is 1. The summed E-state index contributed by atoms with van der Waals surface area (Å²) in [5.41, 5.74) is 5.22. The quantitative estimate of drug-likeness (QED) is 0.572. The molecule has 5 heteroatoms. The Morgan fingerprint density at radius 3 is 2.85 bits per heavy atom. The van der Waals surface area contributed by atoms with Crippen molar-refractivity contribution >= 4 is 5.69 Å². The van der Waals surface area contributed by atoms with Crippen LogP contribution < -0.4 is 5.73 Å². The molecule has 13 heavy (non-hydrogen) atoms. The third-order valence-electron chi connectivity index (χ3n) is 1.65. The van der Waals surface area contributed by atoms with Crippen molar-refractivity contribution in [2.45, 2.75) is 6.17 Å². The van der Waals surface area contributed by atoms with E-state index in [-0.39, 0.29) is 17.8 Å². The standard InChI is InChI=1S/C8H9FN2O2/c9-8(5-10)6-2-1-3-7(4-6)11(12)13/h1-4,8H,5,10H2. The zero-order valence-corrected chi connectivity index (χ0v) is 6.81. The van der Waals surface area contributed by atoms with Crippen molar-refractivity contribution in [3.8, 4) is 0 Å². The van der Waals surface area contributed by atoms with Crippen molar-refractivity contribution < 1.29 is 9.31 Å². The Morgan fingerprint density at radius 2 is 2.31 bits per heavy atom. The van der Waals surface area contributed by atoms with E-state index >= 15 is 0 Å². The Labute approximate surface area is 74.3 Å². The van der Waals surface area contributed by atoms with Gasteiger partial charge in [-0.25, -0.2) is 4.39 Å². The normalized spacial score (nSPS) is 12.5. The molecule has 0 fully saturated rings. The summed E-state index contributed by atoms with van der Waals surface area (Å²) in [6, 6.07) is 5.42. The monoisotopic (exact) mass is 184 g/mol. The Bertz CT molecular complexity index is 317. The molecule has 1 aromatic rings. The van der Waals surface area contributed by atoms with E-state index in [0.717, 1.165) is 0 Å². The Morgan fingerprint density at radius 1 is 1.62 bits per heavy atom. The SMILES string of the molecule is NCC(F)c1cccc([N+](=O)[O-])c1. The molecule has 0 aliphatic rings. The number of nitrogens with zero attached hydrogens (tertiary/aromatic N) is 1. The number of alkyl halides is 1. The molecular formula is C8H9FN2O2. The van der Waals surface area contributed by atoms with E-state index in [9.17, 15) is 14.5 Å². The van der Waals surface area contributed by atoms with Crippen LogP contribution in [0.25, 0.3) is 0 Å². The molecule has 0 aliphatic heterocycles. The van der Waals surface area contributed by atoms with Gasteiger partial charge in [0.25, 0.3) is 5.69 Å². The Balaban J connectivity index is 2.98. The fourth-order valence-electron chi connectivity index (χ4n) is 0.969. The second-order valence-electron chi connectivity index (χ2n) is 2.56. The van der Waals surface area contributed by atoms with Crippen molar-refractivity contribution in [3.05, 3.63) is 39.9 Å². The van der Waals surface area contributed by atoms with Gasteiger partial charge in [0, 0.05) is 18.7 Å². The van der Waals surface area contributed by atoms with Gasteiger partial charge in [0.1, 0.15) is 6.17 Å². The van der Waals surface area contributed by atoms with E-state index in [1.807, 2.05) is 0 Å². The van der Waals surface area contributed by atoms with Gasteiger partial charge in [-0.05, 0) is 5.56 Å². The van der Waals surface area contributed by atoms with E-state index in [4.69, 9.17) is 5.73 Å². The number of non-ortho nitro benzene ring substituents is 1. The van der Waals surface area contributed by atoms with Crippen molar-refractivity contribution in [2.75, 3.05) is 6.54 Å². The molecule has 0 bridgehead atoms. The number of halogens is 1. The molecule has 0 aromatic heterocycles. The molecule has 4 nitrogen and oxygen atoms in total. The van der Waals surface area contributed by atoms with Gasteiger partial charge >= 0.3 is 0 Å². The topological polar surface area (TPSA) is 69.2 Å². The first-order valence-corrected chi connectivity index (χ1v) is 3.73. The first-order chi connectivity index (χ1) is 6.15. The van der Waals surface area contributed by atoms with Crippen LogP contribution in [0.2, 0.25) is 0 Å². The molecule has 2 N–H and O–H groups in total. The average molecular weight is 184 g/mol. The van der Waals surface area contributed by atoms with E-state index in [1.165, 1.54) is 24.3 Å². The molecule has 70 valence electrons. The molecule has 1 aromatic carbocycles. The Hall–Kier alpha value is -1.49. The molecule has 0 radical (unpaired) electrons. The second kappa shape index (κ2) is 3.95. The minimum absolute atomic E-state index is 0.117. The van der Waals surface area contributed by atoms with Crippen molar-refractivity contribution in [1.82, 2.24) is 0 Å². The van der Waals surface area contributed by atoms with E-state index in [1.54, 1.807) is 0 Å². The molecule has 1 atom stereocenters. The van der Waals surface area contributed by atoms with Crippen LogP contribution in [0.3, 0.4) is 0 Å². The maximum absolute atomic E-state index is 13.0. The zero-order chi connectivity index (χ0) is 9.84. The molecule has 0 spiro atoms. The highest BCUT2D eigenvalue weighted by atomic mass is 19.1. The molecule has 1 rings (SSSR count). The summed E-state index contributed by atoms with van der Waals surface area (Å²) in [7, 11) is 0. The Kier molecular flexibility index (Phi) is 2.92. The fourth-order valence-corrected chi connectivity index (χ4v) is 0.969. The van der Waals surface area contributed by atoms with Crippen molar-refractivity contribution in [3.63, 3.8) is 0 Å². The van der Waals surface area contributed by atoms with Crippen LogP contribution in [0, 0.1) is 10.1 Å². The third-order valence-corrected chi connectivity index (χ3v) is 1.65. The molecule has 1 unspecified atom stereocenters. The first-order valence-electron chi connectivity index (χ1n) is 3.73. The summed E-state index contributed by atoms with van der Waals surface area (Å²) in [6.45, 7) is -0.166. The third kappa shape index (κ3) is 2.22. The maximum Gasteiger partial charge on any atom is 0.269 e.